The number of anilines is 1. The van der Waals surface area contributed by atoms with Gasteiger partial charge in [0.2, 0.25) is 5.96 Å². The van der Waals surface area contributed by atoms with Crippen LogP contribution >= 0.6 is 0 Å². The zero-order chi connectivity index (χ0) is 22.2. The van der Waals surface area contributed by atoms with E-state index in [1.54, 1.807) is 44.8 Å². The van der Waals surface area contributed by atoms with Crippen LogP contribution in [-0.4, -0.2) is 31.1 Å². The Labute approximate surface area is 182 Å². The smallest absolute Gasteiger partial charge is 0.257 e. The van der Waals surface area contributed by atoms with Gasteiger partial charge < -0.3 is 14.8 Å². The lowest BCUT2D eigenvalue weighted by Crippen LogP contribution is -2.36. The number of nitrogens with one attached hydrogen (secondary N) is 2. The Morgan fingerprint density at radius 3 is 2.48 bits per heavy atom. The molecule has 0 aliphatic rings. The van der Waals surface area contributed by atoms with E-state index < -0.39 is 0 Å². The Balaban J connectivity index is 1.85. The number of pyridine rings is 1. The number of amides is 1. The normalized spacial score (nSPS) is 11.0. The first-order chi connectivity index (χ1) is 15.0. The van der Waals surface area contributed by atoms with E-state index in [0.717, 1.165) is 16.7 Å². The summed E-state index contributed by atoms with van der Waals surface area (Å²) in [5.74, 6) is 1.25. The Bertz CT molecular complexity index is 1080. The van der Waals surface area contributed by atoms with Crippen molar-refractivity contribution in [2.24, 2.45) is 4.99 Å². The molecule has 7 nitrogen and oxygen atoms in total. The summed E-state index contributed by atoms with van der Waals surface area (Å²) in [7, 11) is 3.15. The molecule has 1 heterocycles. The average molecular weight is 418 g/mol. The molecule has 31 heavy (non-hydrogen) atoms. The van der Waals surface area contributed by atoms with E-state index in [0.29, 0.717) is 35.3 Å². The number of guanidine groups is 1. The number of ether oxygens (including phenoxy) is 2. The summed E-state index contributed by atoms with van der Waals surface area (Å²) < 4.78 is 10.6. The number of carbonyl (C=O) groups is 1. The summed E-state index contributed by atoms with van der Waals surface area (Å²) in [6.07, 6.45) is 3.44. The van der Waals surface area contributed by atoms with Crippen LogP contribution in [-0.2, 0) is 6.54 Å². The number of methoxy groups -OCH3 is 2. The van der Waals surface area contributed by atoms with Gasteiger partial charge in [-0.2, -0.15) is 0 Å². The Kier molecular flexibility index (Phi) is 7.22. The molecule has 0 aliphatic carbocycles. The summed E-state index contributed by atoms with van der Waals surface area (Å²) in [6.45, 7) is 4.35. The van der Waals surface area contributed by atoms with E-state index >= 15 is 0 Å². The van der Waals surface area contributed by atoms with Gasteiger partial charge in [0.25, 0.3) is 5.91 Å². The summed E-state index contributed by atoms with van der Waals surface area (Å²) >= 11 is 0. The van der Waals surface area contributed by atoms with Crippen LogP contribution in [0, 0.1) is 13.8 Å². The molecule has 0 atom stereocenters. The summed E-state index contributed by atoms with van der Waals surface area (Å²) in [5.41, 5.74) is 4.36. The van der Waals surface area contributed by atoms with Gasteiger partial charge in [0.1, 0.15) is 0 Å². The number of hydrogen-bond donors (Lipinski definition) is 2. The predicted molar refractivity (Wildman–Crippen MR) is 122 cm³/mol. The van der Waals surface area contributed by atoms with E-state index in [-0.39, 0.29) is 5.91 Å². The van der Waals surface area contributed by atoms with Crippen molar-refractivity contribution in [1.29, 1.82) is 0 Å². The molecule has 7 heteroatoms. The lowest BCUT2D eigenvalue weighted by Gasteiger charge is -2.14. The van der Waals surface area contributed by atoms with Gasteiger partial charge in [-0.1, -0.05) is 12.1 Å². The van der Waals surface area contributed by atoms with Crippen LogP contribution in [0.3, 0.4) is 0 Å². The molecule has 2 N–H and O–H groups in total. The highest BCUT2D eigenvalue weighted by atomic mass is 16.5. The number of aryl methyl sites for hydroxylation is 2. The topological polar surface area (TPSA) is 84.8 Å². The minimum Gasteiger partial charge on any atom is -0.493 e. The molecule has 0 radical (unpaired) electrons. The van der Waals surface area contributed by atoms with Crippen LogP contribution in [0.1, 0.15) is 27.0 Å². The summed E-state index contributed by atoms with van der Waals surface area (Å²) in [5, 5.41) is 6.04. The zero-order valence-corrected chi connectivity index (χ0v) is 18.1. The molecule has 1 amide bonds. The second-order valence-electron chi connectivity index (χ2n) is 6.97. The number of aliphatic imine (C=N–C) groups is 1. The highest BCUT2D eigenvalue weighted by Crippen LogP contribution is 2.29. The summed E-state index contributed by atoms with van der Waals surface area (Å²) in [4.78, 5) is 21.5. The maximum absolute atomic E-state index is 12.9. The van der Waals surface area contributed by atoms with Crippen LogP contribution in [0.25, 0.3) is 0 Å². The molecule has 0 aliphatic heterocycles. The molecular formula is C24H26N4O3. The molecule has 0 fully saturated rings. The molecule has 0 spiro atoms. The number of hydrogen-bond acceptors (Lipinski definition) is 5. The predicted octanol–water partition coefficient (Wildman–Crippen LogP) is 4.11. The fourth-order valence-corrected chi connectivity index (χ4v) is 2.89. The quantitative estimate of drug-likeness (QED) is 0.465. The molecule has 2 aromatic carbocycles. The van der Waals surface area contributed by atoms with Crippen molar-refractivity contribution >= 4 is 17.6 Å². The molecule has 1 aromatic heterocycles. The van der Waals surface area contributed by atoms with Crippen LogP contribution in [0.4, 0.5) is 5.69 Å². The van der Waals surface area contributed by atoms with Crippen molar-refractivity contribution in [1.82, 2.24) is 10.3 Å². The Morgan fingerprint density at radius 1 is 1.00 bits per heavy atom. The van der Waals surface area contributed by atoms with Crippen molar-refractivity contribution in [2.75, 3.05) is 19.5 Å². The van der Waals surface area contributed by atoms with Crippen LogP contribution in [0.15, 0.2) is 65.9 Å². The standard InChI is InChI=1S/C24H26N4O3/c1-16-7-8-19(12-17(16)2)23(29)28-24(26-15-18-6-5-11-25-14-18)27-20-9-10-21(30-3)22(13-20)31-4/h5-14H,15H2,1-4H3,(H2,26,27,28,29). The van der Waals surface area contributed by atoms with Crippen molar-refractivity contribution in [2.45, 2.75) is 20.4 Å². The number of aromatic nitrogens is 1. The van der Waals surface area contributed by atoms with Crippen LogP contribution < -0.4 is 20.1 Å². The maximum atomic E-state index is 12.9. The van der Waals surface area contributed by atoms with Crippen molar-refractivity contribution in [3.63, 3.8) is 0 Å². The van der Waals surface area contributed by atoms with E-state index in [1.165, 1.54) is 0 Å². The van der Waals surface area contributed by atoms with Crippen LogP contribution in [0.5, 0.6) is 11.5 Å². The van der Waals surface area contributed by atoms with Gasteiger partial charge in [0, 0.05) is 29.7 Å². The van der Waals surface area contributed by atoms with Gasteiger partial charge in [-0.15, -0.1) is 0 Å². The van der Waals surface area contributed by atoms with E-state index in [1.807, 2.05) is 44.2 Å². The molecular weight excluding hydrogens is 392 g/mol. The summed E-state index contributed by atoms with van der Waals surface area (Å²) in [6, 6.07) is 14.7. The third-order valence-electron chi connectivity index (χ3n) is 4.79. The Hall–Kier alpha value is -3.87. The first-order valence-corrected chi connectivity index (χ1v) is 9.81. The molecule has 3 rings (SSSR count). The fourth-order valence-electron chi connectivity index (χ4n) is 2.89. The maximum Gasteiger partial charge on any atom is 0.257 e. The molecule has 0 unspecified atom stereocenters. The molecule has 0 bridgehead atoms. The molecule has 3 aromatic rings. The van der Waals surface area contributed by atoms with Gasteiger partial charge in [-0.3, -0.25) is 15.1 Å². The Morgan fingerprint density at radius 2 is 1.81 bits per heavy atom. The van der Waals surface area contributed by atoms with Gasteiger partial charge >= 0.3 is 0 Å². The largest absolute Gasteiger partial charge is 0.493 e. The van der Waals surface area contributed by atoms with Gasteiger partial charge in [-0.25, -0.2) is 4.99 Å². The third kappa shape index (κ3) is 5.82. The first-order valence-electron chi connectivity index (χ1n) is 9.81. The minimum atomic E-state index is -0.249. The highest BCUT2D eigenvalue weighted by Gasteiger charge is 2.12. The van der Waals surface area contributed by atoms with E-state index in [4.69, 9.17) is 9.47 Å². The van der Waals surface area contributed by atoms with Gasteiger partial charge in [0.15, 0.2) is 11.5 Å². The monoisotopic (exact) mass is 418 g/mol. The van der Waals surface area contributed by atoms with Gasteiger partial charge in [0.05, 0.1) is 20.8 Å². The molecule has 160 valence electrons. The second kappa shape index (κ2) is 10.2. The number of nitrogens with zero attached hydrogens (tertiary/aromatic N) is 2. The van der Waals surface area contributed by atoms with E-state index in [9.17, 15) is 4.79 Å². The molecule has 0 saturated carbocycles. The zero-order valence-electron chi connectivity index (χ0n) is 18.1. The third-order valence-corrected chi connectivity index (χ3v) is 4.79. The highest BCUT2D eigenvalue weighted by molar-refractivity contribution is 6.10. The minimum absolute atomic E-state index is 0.249. The average Bonchev–Trinajstić information content (AvgIpc) is 2.79. The SMILES string of the molecule is COc1ccc(NC(=NCc2cccnc2)NC(=O)c2ccc(C)c(C)c2)cc1OC. The van der Waals surface area contributed by atoms with Crippen molar-refractivity contribution < 1.29 is 14.3 Å². The first kappa shape index (κ1) is 21.8. The molecule has 0 saturated heterocycles. The lowest BCUT2D eigenvalue weighted by atomic mass is 10.1. The lowest BCUT2D eigenvalue weighted by molar-refractivity contribution is 0.0977. The van der Waals surface area contributed by atoms with Crippen LogP contribution in [0.2, 0.25) is 0 Å². The van der Waals surface area contributed by atoms with E-state index in [2.05, 4.69) is 20.6 Å². The van der Waals surface area contributed by atoms with Gasteiger partial charge in [-0.05, 0) is 60.9 Å². The van der Waals surface area contributed by atoms with Crippen molar-refractivity contribution in [3.05, 3.63) is 83.2 Å². The van der Waals surface area contributed by atoms with Crippen molar-refractivity contribution in [3.8, 4) is 11.5 Å². The fraction of sp³-hybridized carbons (Fsp3) is 0.208. The number of rotatable bonds is 6. The number of carbonyl (C=O) groups excluding carboxylic acids is 1. The second-order valence-corrected chi connectivity index (χ2v) is 6.97. The number of benzene rings is 2.